The Morgan fingerprint density at radius 2 is 1.67 bits per heavy atom. The minimum Gasteiger partial charge on any atom is -0.497 e. The topological polar surface area (TPSA) is 59.3 Å². The van der Waals surface area contributed by atoms with Crippen molar-refractivity contribution >= 4 is 5.69 Å². The van der Waals surface area contributed by atoms with Gasteiger partial charge in [0.1, 0.15) is 11.6 Å². The van der Waals surface area contributed by atoms with E-state index in [9.17, 15) is 4.39 Å². The zero-order valence-corrected chi connectivity index (χ0v) is 19.1. The van der Waals surface area contributed by atoms with Gasteiger partial charge in [-0.3, -0.25) is 4.90 Å². The summed E-state index contributed by atoms with van der Waals surface area (Å²) >= 11 is 0. The second-order valence-corrected chi connectivity index (χ2v) is 8.92. The van der Waals surface area contributed by atoms with E-state index < -0.39 is 0 Å². The number of tetrazole rings is 1. The first kappa shape index (κ1) is 21.8. The average molecular weight is 451 g/mol. The van der Waals surface area contributed by atoms with Crippen molar-refractivity contribution in [2.75, 3.05) is 38.2 Å². The lowest BCUT2D eigenvalue weighted by atomic mass is 9.95. The van der Waals surface area contributed by atoms with Crippen LogP contribution in [0, 0.1) is 5.82 Å². The van der Waals surface area contributed by atoms with Crippen molar-refractivity contribution in [3.05, 3.63) is 65.7 Å². The van der Waals surface area contributed by atoms with Crippen LogP contribution in [0.25, 0.3) is 0 Å². The Morgan fingerprint density at radius 3 is 2.36 bits per heavy atom. The fourth-order valence-electron chi connectivity index (χ4n) is 5.20. The van der Waals surface area contributed by atoms with E-state index in [2.05, 4.69) is 42.1 Å². The summed E-state index contributed by atoms with van der Waals surface area (Å²) in [5, 5.41) is 13.1. The van der Waals surface area contributed by atoms with Crippen molar-refractivity contribution < 1.29 is 9.13 Å². The van der Waals surface area contributed by atoms with Gasteiger partial charge < -0.3 is 9.64 Å². The van der Waals surface area contributed by atoms with Crippen LogP contribution in [-0.4, -0.2) is 58.4 Å². The van der Waals surface area contributed by atoms with E-state index in [0.29, 0.717) is 11.7 Å². The molecule has 1 aromatic heterocycles. The standard InChI is InChI=1S/C25H31FN6O/c1-33-21-13-11-19(12-14-21)24(25-27-28-29-32(25)20-7-3-2-4-8-20)31-17-15-30(16-18-31)23-10-6-5-9-22(23)26/h5-6,9-14,20,24H,2-4,7-8,15-18H2,1H3/t24-/m0/s1. The molecule has 1 saturated heterocycles. The second-order valence-electron chi connectivity index (χ2n) is 8.92. The van der Waals surface area contributed by atoms with E-state index >= 15 is 0 Å². The molecule has 0 N–H and O–H groups in total. The van der Waals surface area contributed by atoms with Gasteiger partial charge in [-0.15, -0.1) is 5.10 Å². The number of benzene rings is 2. The zero-order valence-electron chi connectivity index (χ0n) is 19.1. The van der Waals surface area contributed by atoms with Gasteiger partial charge in [-0.1, -0.05) is 43.5 Å². The molecule has 2 fully saturated rings. The van der Waals surface area contributed by atoms with Crippen molar-refractivity contribution in [3.8, 4) is 5.75 Å². The molecule has 2 heterocycles. The normalized spacial score (nSPS) is 18.9. The second kappa shape index (κ2) is 9.87. The molecule has 1 atom stereocenters. The Balaban J connectivity index is 1.43. The zero-order chi connectivity index (χ0) is 22.6. The molecular weight excluding hydrogens is 419 g/mol. The Morgan fingerprint density at radius 1 is 0.939 bits per heavy atom. The molecule has 0 bridgehead atoms. The van der Waals surface area contributed by atoms with E-state index in [4.69, 9.17) is 4.74 Å². The molecule has 1 aliphatic heterocycles. The molecule has 7 nitrogen and oxygen atoms in total. The van der Waals surface area contributed by atoms with E-state index in [0.717, 1.165) is 56.2 Å². The summed E-state index contributed by atoms with van der Waals surface area (Å²) < 4.78 is 21.8. The minimum atomic E-state index is -0.168. The summed E-state index contributed by atoms with van der Waals surface area (Å²) in [5.41, 5.74) is 1.81. The molecule has 2 aromatic carbocycles. The van der Waals surface area contributed by atoms with Crippen LogP contribution in [0.1, 0.15) is 55.6 Å². The van der Waals surface area contributed by atoms with Crippen LogP contribution in [0.3, 0.4) is 0 Å². The first-order valence-electron chi connectivity index (χ1n) is 11.9. The van der Waals surface area contributed by atoms with Crippen LogP contribution >= 0.6 is 0 Å². The number of nitrogens with zero attached hydrogens (tertiary/aromatic N) is 6. The molecule has 174 valence electrons. The summed E-state index contributed by atoms with van der Waals surface area (Å²) in [7, 11) is 1.68. The van der Waals surface area contributed by atoms with Gasteiger partial charge in [-0.05, 0) is 53.1 Å². The summed E-state index contributed by atoms with van der Waals surface area (Å²) in [6, 6.07) is 15.5. The van der Waals surface area contributed by atoms with Crippen LogP contribution in [-0.2, 0) is 0 Å². The maximum absolute atomic E-state index is 14.4. The lowest BCUT2D eigenvalue weighted by Gasteiger charge is -2.40. The fourth-order valence-corrected chi connectivity index (χ4v) is 5.20. The Bertz CT molecular complexity index is 1040. The number of hydrogen-bond acceptors (Lipinski definition) is 6. The maximum atomic E-state index is 14.4. The summed E-state index contributed by atoms with van der Waals surface area (Å²) in [6.07, 6.45) is 5.97. The summed E-state index contributed by atoms with van der Waals surface area (Å²) in [6.45, 7) is 3.09. The third-order valence-electron chi connectivity index (χ3n) is 6.99. The molecule has 5 rings (SSSR count). The van der Waals surface area contributed by atoms with Crippen molar-refractivity contribution in [1.29, 1.82) is 0 Å². The van der Waals surface area contributed by atoms with E-state index in [1.807, 2.05) is 24.3 Å². The van der Waals surface area contributed by atoms with Gasteiger partial charge >= 0.3 is 0 Å². The lowest BCUT2D eigenvalue weighted by molar-refractivity contribution is 0.193. The minimum absolute atomic E-state index is 0.0596. The molecule has 0 radical (unpaired) electrons. The van der Waals surface area contributed by atoms with Crippen LogP contribution in [0.5, 0.6) is 5.75 Å². The van der Waals surface area contributed by atoms with Gasteiger partial charge in [0.25, 0.3) is 0 Å². The number of methoxy groups -OCH3 is 1. The summed E-state index contributed by atoms with van der Waals surface area (Å²) in [5.74, 6) is 1.55. The highest BCUT2D eigenvalue weighted by Gasteiger charge is 2.33. The van der Waals surface area contributed by atoms with Crippen LogP contribution < -0.4 is 9.64 Å². The molecule has 1 aliphatic carbocycles. The summed E-state index contributed by atoms with van der Waals surface area (Å²) in [4.78, 5) is 4.55. The molecule has 33 heavy (non-hydrogen) atoms. The number of aromatic nitrogens is 4. The highest BCUT2D eigenvalue weighted by atomic mass is 19.1. The molecule has 1 saturated carbocycles. The third kappa shape index (κ3) is 4.57. The van der Waals surface area contributed by atoms with Gasteiger partial charge in [0.2, 0.25) is 0 Å². The number of piperazine rings is 1. The van der Waals surface area contributed by atoms with Crippen LogP contribution in [0.15, 0.2) is 48.5 Å². The maximum Gasteiger partial charge on any atom is 0.173 e. The van der Waals surface area contributed by atoms with Gasteiger partial charge in [0.05, 0.1) is 24.9 Å². The predicted octanol–water partition coefficient (Wildman–Crippen LogP) is 4.24. The quantitative estimate of drug-likeness (QED) is 0.560. The Labute approximate surface area is 194 Å². The smallest absolute Gasteiger partial charge is 0.173 e. The van der Waals surface area contributed by atoms with Crippen LogP contribution in [0.4, 0.5) is 10.1 Å². The molecule has 3 aromatic rings. The van der Waals surface area contributed by atoms with E-state index in [-0.39, 0.29) is 11.9 Å². The number of anilines is 1. The van der Waals surface area contributed by atoms with Crippen LogP contribution in [0.2, 0.25) is 0 Å². The number of rotatable bonds is 6. The van der Waals surface area contributed by atoms with Gasteiger partial charge in [0.15, 0.2) is 5.82 Å². The van der Waals surface area contributed by atoms with Crippen molar-refractivity contribution in [1.82, 2.24) is 25.1 Å². The highest BCUT2D eigenvalue weighted by molar-refractivity contribution is 5.48. The predicted molar refractivity (Wildman–Crippen MR) is 125 cm³/mol. The Kier molecular flexibility index (Phi) is 6.53. The number of para-hydroxylation sites is 1. The van der Waals surface area contributed by atoms with Crippen molar-refractivity contribution in [2.24, 2.45) is 0 Å². The van der Waals surface area contributed by atoms with Gasteiger partial charge in [0, 0.05) is 26.2 Å². The molecule has 2 aliphatic rings. The lowest BCUT2D eigenvalue weighted by Crippen LogP contribution is -2.48. The molecule has 8 heteroatoms. The number of hydrogen-bond donors (Lipinski definition) is 0. The third-order valence-corrected chi connectivity index (χ3v) is 6.99. The number of ether oxygens (including phenoxy) is 1. The van der Waals surface area contributed by atoms with Crippen molar-refractivity contribution in [3.63, 3.8) is 0 Å². The monoisotopic (exact) mass is 450 g/mol. The first-order chi connectivity index (χ1) is 16.2. The molecule has 0 unspecified atom stereocenters. The molecular formula is C25H31FN6O. The van der Waals surface area contributed by atoms with E-state index in [1.54, 1.807) is 13.2 Å². The van der Waals surface area contributed by atoms with Gasteiger partial charge in [-0.25, -0.2) is 9.07 Å². The van der Waals surface area contributed by atoms with E-state index in [1.165, 1.54) is 25.3 Å². The largest absolute Gasteiger partial charge is 0.497 e. The first-order valence-corrected chi connectivity index (χ1v) is 11.9. The number of halogens is 1. The Hall–Kier alpha value is -3.00. The fraction of sp³-hybridized carbons (Fsp3) is 0.480. The van der Waals surface area contributed by atoms with Gasteiger partial charge in [-0.2, -0.15) is 0 Å². The van der Waals surface area contributed by atoms with Crippen molar-refractivity contribution in [2.45, 2.75) is 44.2 Å². The SMILES string of the molecule is COc1ccc([C@@H](c2nnnn2C2CCCCC2)N2CCN(c3ccccc3F)CC2)cc1. The molecule has 0 spiro atoms. The highest BCUT2D eigenvalue weighted by Crippen LogP contribution is 2.34. The molecule has 0 amide bonds. The average Bonchev–Trinajstić information content (AvgIpc) is 3.35.